The fourth-order valence-electron chi connectivity index (χ4n) is 4.00. The van der Waals surface area contributed by atoms with Gasteiger partial charge in [0.05, 0.1) is 28.7 Å². The van der Waals surface area contributed by atoms with Crippen molar-refractivity contribution >= 4 is 27.6 Å². The van der Waals surface area contributed by atoms with Crippen LogP contribution in [0.3, 0.4) is 0 Å². The topological polar surface area (TPSA) is 91.6 Å². The third kappa shape index (κ3) is 3.01. The first-order valence-electron chi connectivity index (χ1n) is 10.0. The number of hydrogen-bond acceptors (Lipinski definition) is 5. The maximum atomic E-state index is 14.7. The van der Waals surface area contributed by atoms with Gasteiger partial charge >= 0.3 is 0 Å². The maximum absolute atomic E-state index is 14.7. The van der Waals surface area contributed by atoms with Crippen molar-refractivity contribution in [3.63, 3.8) is 0 Å². The number of halogens is 2. The van der Waals surface area contributed by atoms with Crippen LogP contribution in [0.4, 0.5) is 14.6 Å². The van der Waals surface area contributed by atoms with E-state index >= 15 is 0 Å². The highest BCUT2D eigenvalue weighted by molar-refractivity contribution is 5.88. The van der Waals surface area contributed by atoms with Crippen molar-refractivity contribution in [2.75, 3.05) is 5.73 Å². The number of fused-ring (bicyclic) bond motifs is 2. The number of anilines is 1. The van der Waals surface area contributed by atoms with Crippen LogP contribution in [0.5, 0.6) is 0 Å². The van der Waals surface area contributed by atoms with Gasteiger partial charge in [0.2, 0.25) is 0 Å². The van der Waals surface area contributed by atoms with Crippen molar-refractivity contribution < 1.29 is 8.78 Å². The molecule has 2 aromatic carbocycles. The molecule has 5 aromatic rings. The monoisotopic (exact) mass is 432 g/mol. The Kier molecular flexibility index (Phi) is 4.66. The van der Waals surface area contributed by atoms with Crippen LogP contribution in [-0.4, -0.2) is 24.3 Å². The molecule has 2 N–H and O–H groups in total. The Balaban J connectivity index is 1.81. The Morgan fingerprint density at radius 3 is 2.56 bits per heavy atom. The van der Waals surface area contributed by atoms with E-state index in [2.05, 4.69) is 15.1 Å². The molecule has 0 saturated carbocycles. The lowest BCUT2D eigenvalue weighted by Crippen LogP contribution is -2.25. The molecule has 0 spiro atoms. The molecule has 160 valence electrons. The molecule has 0 amide bonds. The standard InChI is InChI=1S/C23H18F2N6O/c1-2-17-20-21(26)27-12-28-22(20)30(29-17)11-14-10-13-6-5-8-16(25)19(13)23(32)31(14)18-9-4-3-7-15(18)24/h3-10,12H,2,11H2,1H3,(H2,26,27,28). The van der Waals surface area contributed by atoms with Gasteiger partial charge in [0.1, 0.15) is 23.8 Å². The molecule has 7 nitrogen and oxygen atoms in total. The molecule has 0 atom stereocenters. The molecule has 3 aromatic heterocycles. The van der Waals surface area contributed by atoms with Crippen LogP contribution >= 0.6 is 0 Å². The van der Waals surface area contributed by atoms with Gasteiger partial charge in [-0.05, 0) is 36.1 Å². The van der Waals surface area contributed by atoms with E-state index in [4.69, 9.17) is 5.73 Å². The van der Waals surface area contributed by atoms with Crippen molar-refractivity contribution in [1.82, 2.24) is 24.3 Å². The second-order valence-electron chi connectivity index (χ2n) is 7.35. The summed E-state index contributed by atoms with van der Waals surface area (Å²) in [5.74, 6) is -0.953. The molecule has 5 rings (SSSR count). The van der Waals surface area contributed by atoms with Crippen LogP contribution < -0.4 is 11.3 Å². The molecule has 32 heavy (non-hydrogen) atoms. The summed E-state index contributed by atoms with van der Waals surface area (Å²) in [5.41, 5.74) is 7.05. The first-order chi connectivity index (χ1) is 15.5. The van der Waals surface area contributed by atoms with E-state index in [1.807, 2.05) is 6.92 Å². The highest BCUT2D eigenvalue weighted by atomic mass is 19.1. The molecule has 0 bridgehead atoms. The number of benzene rings is 2. The minimum absolute atomic E-state index is 0.0268. The summed E-state index contributed by atoms with van der Waals surface area (Å²) in [5, 5.41) is 5.55. The van der Waals surface area contributed by atoms with Gasteiger partial charge in [0.25, 0.3) is 5.56 Å². The highest BCUT2D eigenvalue weighted by Gasteiger charge is 2.19. The normalized spacial score (nSPS) is 11.5. The quantitative estimate of drug-likeness (QED) is 0.469. The third-order valence-corrected chi connectivity index (χ3v) is 5.44. The Morgan fingerprint density at radius 1 is 1.00 bits per heavy atom. The number of rotatable bonds is 4. The number of nitrogen functional groups attached to an aromatic ring is 1. The zero-order valence-corrected chi connectivity index (χ0v) is 17.1. The van der Waals surface area contributed by atoms with Crippen LogP contribution in [0.15, 0.2) is 59.7 Å². The molecule has 0 saturated heterocycles. The Bertz CT molecular complexity index is 1560. The summed E-state index contributed by atoms with van der Waals surface area (Å²) in [4.78, 5) is 21.7. The molecule has 0 aliphatic carbocycles. The number of nitrogens with two attached hydrogens (primary N) is 1. The second-order valence-corrected chi connectivity index (χ2v) is 7.35. The first kappa shape index (κ1) is 19.8. The van der Waals surface area contributed by atoms with E-state index in [0.717, 1.165) is 0 Å². The minimum Gasteiger partial charge on any atom is -0.383 e. The van der Waals surface area contributed by atoms with Crippen molar-refractivity contribution in [2.45, 2.75) is 19.9 Å². The number of hydrogen-bond donors (Lipinski definition) is 1. The molecule has 0 fully saturated rings. The molecule has 0 radical (unpaired) electrons. The summed E-state index contributed by atoms with van der Waals surface area (Å²) in [6, 6.07) is 11.9. The van der Waals surface area contributed by atoms with E-state index in [1.165, 1.54) is 41.2 Å². The van der Waals surface area contributed by atoms with Gasteiger partial charge in [0, 0.05) is 5.69 Å². The lowest BCUT2D eigenvalue weighted by Gasteiger charge is -2.16. The van der Waals surface area contributed by atoms with E-state index in [9.17, 15) is 13.6 Å². The van der Waals surface area contributed by atoms with Crippen molar-refractivity contribution in [3.8, 4) is 5.69 Å². The van der Waals surface area contributed by atoms with Gasteiger partial charge in [-0.1, -0.05) is 31.2 Å². The van der Waals surface area contributed by atoms with Crippen molar-refractivity contribution in [1.29, 1.82) is 0 Å². The van der Waals surface area contributed by atoms with E-state index < -0.39 is 17.2 Å². The van der Waals surface area contributed by atoms with Crippen LogP contribution in [0, 0.1) is 11.6 Å². The molecule has 0 aliphatic heterocycles. The number of aromatic nitrogens is 5. The Morgan fingerprint density at radius 2 is 1.78 bits per heavy atom. The summed E-state index contributed by atoms with van der Waals surface area (Å²) in [6.45, 7) is 2.02. The molecule has 3 heterocycles. The highest BCUT2D eigenvalue weighted by Crippen LogP contribution is 2.25. The molecule has 9 heteroatoms. The van der Waals surface area contributed by atoms with Crippen molar-refractivity contribution in [2.24, 2.45) is 0 Å². The van der Waals surface area contributed by atoms with Gasteiger partial charge in [-0.3, -0.25) is 9.36 Å². The second kappa shape index (κ2) is 7.52. The molecule has 0 aliphatic rings. The van der Waals surface area contributed by atoms with Gasteiger partial charge in [-0.25, -0.2) is 23.4 Å². The lowest BCUT2D eigenvalue weighted by atomic mass is 10.1. The minimum atomic E-state index is -0.664. The van der Waals surface area contributed by atoms with Gasteiger partial charge in [0.15, 0.2) is 5.65 Å². The maximum Gasteiger partial charge on any atom is 0.266 e. The summed E-state index contributed by atoms with van der Waals surface area (Å²) in [7, 11) is 0. The van der Waals surface area contributed by atoms with Crippen LogP contribution in [0.1, 0.15) is 18.3 Å². The fraction of sp³-hybridized carbons (Fsp3) is 0.130. The molecular weight excluding hydrogens is 414 g/mol. The van der Waals surface area contributed by atoms with E-state index in [1.54, 1.807) is 22.9 Å². The van der Waals surface area contributed by atoms with Crippen molar-refractivity contribution in [3.05, 3.63) is 88.2 Å². The fourth-order valence-corrected chi connectivity index (χ4v) is 4.00. The third-order valence-electron chi connectivity index (χ3n) is 5.44. The Labute approximate surface area is 180 Å². The predicted octanol–water partition coefficient (Wildman–Crippen LogP) is 3.60. The summed E-state index contributed by atoms with van der Waals surface area (Å²) < 4.78 is 32.1. The van der Waals surface area contributed by atoms with E-state index in [0.29, 0.717) is 40.0 Å². The van der Waals surface area contributed by atoms with Gasteiger partial charge in [-0.2, -0.15) is 5.10 Å². The summed E-state index contributed by atoms with van der Waals surface area (Å²) in [6.07, 6.45) is 1.94. The number of para-hydroxylation sites is 1. The first-order valence-corrected chi connectivity index (χ1v) is 10.0. The van der Waals surface area contributed by atoms with Crippen LogP contribution in [-0.2, 0) is 13.0 Å². The Hall–Kier alpha value is -4.14. The smallest absolute Gasteiger partial charge is 0.266 e. The number of aryl methyl sites for hydroxylation is 1. The number of nitrogens with zero attached hydrogens (tertiary/aromatic N) is 5. The average molecular weight is 432 g/mol. The molecule has 0 unspecified atom stereocenters. The summed E-state index contributed by atoms with van der Waals surface area (Å²) >= 11 is 0. The zero-order chi connectivity index (χ0) is 22.4. The SMILES string of the molecule is CCc1nn(Cc2cc3cccc(F)c3c(=O)n2-c2ccccc2F)c2ncnc(N)c12. The largest absolute Gasteiger partial charge is 0.383 e. The molecular formula is C23H18F2N6O. The van der Waals surface area contributed by atoms with Crippen LogP contribution in [0.25, 0.3) is 27.5 Å². The van der Waals surface area contributed by atoms with Gasteiger partial charge in [-0.15, -0.1) is 0 Å². The van der Waals surface area contributed by atoms with Gasteiger partial charge < -0.3 is 5.73 Å². The number of pyridine rings is 1. The average Bonchev–Trinajstić information content (AvgIpc) is 3.14. The van der Waals surface area contributed by atoms with E-state index in [-0.39, 0.29) is 17.6 Å². The zero-order valence-electron chi connectivity index (χ0n) is 17.1. The van der Waals surface area contributed by atoms with Crippen LogP contribution in [0.2, 0.25) is 0 Å². The lowest BCUT2D eigenvalue weighted by molar-refractivity contribution is 0.603. The predicted molar refractivity (Wildman–Crippen MR) is 118 cm³/mol.